The monoisotopic (exact) mass is 158 g/mol. The molecule has 0 radical (unpaired) electrons. The molecule has 0 aromatic heterocycles. The predicted octanol–water partition coefficient (Wildman–Crippen LogP) is -0.761. The first-order valence-corrected chi connectivity index (χ1v) is 3.89. The average molecular weight is 158 g/mol. The van der Waals surface area contributed by atoms with E-state index in [0.29, 0.717) is 19.6 Å². The molecule has 0 amide bonds. The zero-order valence-electron chi connectivity index (χ0n) is 6.67. The van der Waals surface area contributed by atoms with Crippen molar-refractivity contribution in [1.82, 2.24) is 5.32 Å². The van der Waals surface area contributed by atoms with E-state index in [1.807, 2.05) is 0 Å². The van der Waals surface area contributed by atoms with Crippen LogP contribution in [0.1, 0.15) is 13.3 Å². The molecule has 0 unspecified atom stereocenters. The number of nitrogens with two attached hydrogens (primary N) is 1. The number of rotatable bonds is 2. The normalized spacial score (nSPS) is 30.4. The molecule has 1 aliphatic rings. The van der Waals surface area contributed by atoms with Gasteiger partial charge < -0.3 is 15.8 Å². The summed E-state index contributed by atoms with van der Waals surface area (Å²) >= 11 is 0. The summed E-state index contributed by atoms with van der Waals surface area (Å²) in [5.41, 5.74) is 5.59. The Balaban J connectivity index is 2.31. The number of nitrogens with one attached hydrogen (secondary N) is 1. The van der Waals surface area contributed by atoms with E-state index in [0.717, 1.165) is 0 Å². The predicted molar refractivity (Wildman–Crippen MR) is 41.0 cm³/mol. The molecule has 1 saturated heterocycles. The summed E-state index contributed by atoms with van der Waals surface area (Å²) in [6.07, 6.45) is 0.693. The fraction of sp³-hybridized carbons (Fsp3) is 0.857. The molecular formula is C7H14N2O2. The highest BCUT2D eigenvalue weighted by atomic mass is 16.5. The lowest BCUT2D eigenvalue weighted by molar-refractivity contribution is -0.145. The van der Waals surface area contributed by atoms with Crippen molar-refractivity contribution in [2.75, 3.05) is 13.2 Å². The molecule has 0 aromatic carbocycles. The summed E-state index contributed by atoms with van der Waals surface area (Å²) in [7, 11) is 0. The van der Waals surface area contributed by atoms with Gasteiger partial charge in [0.1, 0.15) is 6.04 Å². The fourth-order valence-corrected chi connectivity index (χ4v) is 1.19. The molecular weight excluding hydrogens is 144 g/mol. The van der Waals surface area contributed by atoms with Gasteiger partial charge in [0.25, 0.3) is 0 Å². The quantitative estimate of drug-likeness (QED) is 0.518. The van der Waals surface area contributed by atoms with Crippen LogP contribution in [0, 0.1) is 0 Å². The highest BCUT2D eigenvalue weighted by molar-refractivity contribution is 5.76. The molecule has 0 aromatic rings. The molecule has 64 valence electrons. The summed E-state index contributed by atoms with van der Waals surface area (Å²) < 4.78 is 4.82. The van der Waals surface area contributed by atoms with Gasteiger partial charge in [0.2, 0.25) is 0 Å². The van der Waals surface area contributed by atoms with Crippen LogP contribution in [0.4, 0.5) is 0 Å². The van der Waals surface area contributed by atoms with Crippen LogP contribution in [0.2, 0.25) is 0 Å². The Hall–Kier alpha value is -0.610. The van der Waals surface area contributed by atoms with E-state index >= 15 is 0 Å². The van der Waals surface area contributed by atoms with Crippen LogP contribution in [-0.4, -0.2) is 31.2 Å². The first kappa shape index (κ1) is 8.49. The second-order valence-electron chi connectivity index (χ2n) is 2.71. The first-order chi connectivity index (χ1) is 5.24. The zero-order valence-corrected chi connectivity index (χ0v) is 6.67. The highest BCUT2D eigenvalue weighted by Crippen LogP contribution is 2.05. The number of carbonyl (C=O) groups is 1. The smallest absolute Gasteiger partial charge is 0.323 e. The Bertz CT molecular complexity index is 149. The maximum atomic E-state index is 11.1. The van der Waals surface area contributed by atoms with Gasteiger partial charge in [-0.1, -0.05) is 0 Å². The van der Waals surface area contributed by atoms with Gasteiger partial charge in [0.15, 0.2) is 0 Å². The first-order valence-electron chi connectivity index (χ1n) is 3.89. The molecule has 0 spiro atoms. The third-order valence-corrected chi connectivity index (χ3v) is 1.74. The fourth-order valence-electron chi connectivity index (χ4n) is 1.19. The lowest BCUT2D eigenvalue weighted by Gasteiger charge is -2.07. The van der Waals surface area contributed by atoms with Crippen molar-refractivity contribution >= 4 is 5.97 Å². The topological polar surface area (TPSA) is 64.3 Å². The maximum absolute atomic E-state index is 11.1. The van der Waals surface area contributed by atoms with E-state index in [1.165, 1.54) is 0 Å². The van der Waals surface area contributed by atoms with Gasteiger partial charge in [-0.2, -0.15) is 0 Å². The summed E-state index contributed by atoms with van der Waals surface area (Å²) in [4.78, 5) is 11.1. The Labute approximate surface area is 66.1 Å². The van der Waals surface area contributed by atoms with Crippen LogP contribution in [0.3, 0.4) is 0 Å². The van der Waals surface area contributed by atoms with Crippen molar-refractivity contribution in [1.29, 1.82) is 0 Å². The molecule has 2 atom stereocenters. The zero-order chi connectivity index (χ0) is 8.27. The number of ether oxygens (including phenoxy) is 1. The van der Waals surface area contributed by atoms with E-state index < -0.39 is 0 Å². The van der Waals surface area contributed by atoms with Crippen molar-refractivity contribution in [2.45, 2.75) is 25.4 Å². The SMILES string of the molecule is CCOC(=O)[C@H]1C[C@H](N)CN1. The largest absolute Gasteiger partial charge is 0.465 e. The molecule has 11 heavy (non-hydrogen) atoms. The van der Waals surface area contributed by atoms with Crippen LogP contribution in [-0.2, 0) is 9.53 Å². The van der Waals surface area contributed by atoms with Crippen molar-refractivity contribution in [3.05, 3.63) is 0 Å². The lowest BCUT2D eigenvalue weighted by Crippen LogP contribution is -2.32. The van der Waals surface area contributed by atoms with Crippen LogP contribution in [0.5, 0.6) is 0 Å². The maximum Gasteiger partial charge on any atom is 0.323 e. The molecule has 0 aliphatic carbocycles. The summed E-state index contributed by atoms with van der Waals surface area (Å²) in [6.45, 7) is 2.95. The molecule has 0 bridgehead atoms. The van der Waals surface area contributed by atoms with Crippen molar-refractivity contribution in [3.8, 4) is 0 Å². The highest BCUT2D eigenvalue weighted by Gasteiger charge is 2.27. The van der Waals surface area contributed by atoms with Crippen LogP contribution >= 0.6 is 0 Å². The number of esters is 1. The van der Waals surface area contributed by atoms with Gasteiger partial charge in [0, 0.05) is 12.6 Å². The van der Waals surface area contributed by atoms with Gasteiger partial charge in [-0.25, -0.2) is 0 Å². The molecule has 4 nitrogen and oxygen atoms in total. The Kier molecular flexibility index (Phi) is 2.84. The molecule has 1 aliphatic heterocycles. The summed E-state index contributed by atoms with van der Waals surface area (Å²) in [5, 5.41) is 2.99. The minimum absolute atomic E-state index is 0.101. The van der Waals surface area contributed by atoms with Gasteiger partial charge in [-0.15, -0.1) is 0 Å². The van der Waals surface area contributed by atoms with Gasteiger partial charge in [-0.05, 0) is 13.3 Å². The number of hydrogen-bond acceptors (Lipinski definition) is 4. The minimum Gasteiger partial charge on any atom is -0.465 e. The Morgan fingerprint density at radius 3 is 3.00 bits per heavy atom. The van der Waals surface area contributed by atoms with E-state index in [4.69, 9.17) is 10.5 Å². The lowest BCUT2D eigenvalue weighted by atomic mass is 10.2. The average Bonchev–Trinajstić information content (AvgIpc) is 2.36. The van der Waals surface area contributed by atoms with Gasteiger partial charge >= 0.3 is 5.97 Å². The summed E-state index contributed by atoms with van der Waals surface area (Å²) in [6, 6.07) is -0.0747. The molecule has 3 N–H and O–H groups in total. The van der Waals surface area contributed by atoms with Crippen molar-refractivity contribution in [3.63, 3.8) is 0 Å². The third kappa shape index (κ3) is 2.17. The van der Waals surface area contributed by atoms with Crippen LogP contribution < -0.4 is 11.1 Å². The third-order valence-electron chi connectivity index (χ3n) is 1.74. The van der Waals surface area contributed by atoms with E-state index in [2.05, 4.69) is 5.32 Å². The number of hydrogen-bond donors (Lipinski definition) is 2. The second-order valence-corrected chi connectivity index (χ2v) is 2.71. The van der Waals surface area contributed by atoms with Gasteiger partial charge in [-0.3, -0.25) is 4.79 Å². The van der Waals surface area contributed by atoms with Crippen molar-refractivity contribution in [2.24, 2.45) is 5.73 Å². The standard InChI is InChI=1S/C7H14N2O2/c1-2-11-7(10)6-3-5(8)4-9-6/h5-6,9H,2-4,8H2,1H3/t5-,6+/m0/s1. The summed E-state index contributed by atoms with van der Waals surface area (Å²) in [5.74, 6) is -0.180. The van der Waals surface area contributed by atoms with E-state index in [-0.39, 0.29) is 18.1 Å². The Morgan fingerprint density at radius 2 is 2.55 bits per heavy atom. The molecule has 1 rings (SSSR count). The molecule has 1 fully saturated rings. The van der Waals surface area contributed by atoms with E-state index in [9.17, 15) is 4.79 Å². The molecule has 0 saturated carbocycles. The number of carbonyl (C=O) groups excluding carboxylic acids is 1. The van der Waals surface area contributed by atoms with Crippen LogP contribution in [0.15, 0.2) is 0 Å². The molecule has 1 heterocycles. The van der Waals surface area contributed by atoms with Gasteiger partial charge in [0.05, 0.1) is 6.61 Å². The van der Waals surface area contributed by atoms with Crippen LogP contribution in [0.25, 0.3) is 0 Å². The Morgan fingerprint density at radius 1 is 1.82 bits per heavy atom. The second kappa shape index (κ2) is 3.69. The minimum atomic E-state index is -0.180. The van der Waals surface area contributed by atoms with Crippen molar-refractivity contribution < 1.29 is 9.53 Å². The van der Waals surface area contributed by atoms with E-state index in [1.54, 1.807) is 6.92 Å². The molecule has 4 heteroatoms.